The minimum absolute atomic E-state index is 0.237. The molecule has 0 atom stereocenters. The van der Waals surface area contributed by atoms with E-state index >= 15 is 0 Å². The second kappa shape index (κ2) is 8.68. The lowest BCUT2D eigenvalue weighted by atomic mass is 10.2. The number of carbonyl (C=O) groups is 2. The molecule has 0 aliphatic carbocycles. The Kier molecular flexibility index (Phi) is 5.83. The van der Waals surface area contributed by atoms with Crippen molar-refractivity contribution in [2.45, 2.75) is 11.4 Å². The van der Waals surface area contributed by atoms with Crippen LogP contribution in [0.4, 0.5) is 5.69 Å². The summed E-state index contributed by atoms with van der Waals surface area (Å²) in [5.74, 6) is -0.609. The number of hydrogen-bond donors (Lipinski definition) is 1. The van der Waals surface area contributed by atoms with Crippen molar-refractivity contribution >= 4 is 45.2 Å². The number of nitrogens with one attached hydrogen (secondary N) is 1. The van der Waals surface area contributed by atoms with E-state index in [9.17, 15) is 9.59 Å². The Morgan fingerprint density at radius 3 is 2.21 bits per heavy atom. The van der Waals surface area contributed by atoms with Gasteiger partial charge < -0.3 is 5.32 Å². The maximum Gasteiger partial charge on any atom is 0.278 e. The average molecular weight is 465 g/mol. The quantitative estimate of drug-likeness (QED) is 0.493. The summed E-state index contributed by atoms with van der Waals surface area (Å²) in [5, 5.41) is 3.16. The summed E-state index contributed by atoms with van der Waals surface area (Å²) in [4.78, 5) is 28.9. The van der Waals surface area contributed by atoms with Crippen LogP contribution in [0, 0.1) is 0 Å². The van der Waals surface area contributed by atoms with Gasteiger partial charge in [0.2, 0.25) is 0 Å². The summed E-state index contributed by atoms with van der Waals surface area (Å²) in [6, 6.07) is 26.6. The summed E-state index contributed by atoms with van der Waals surface area (Å²) in [6.45, 7) is 0.237. The molecule has 0 saturated heterocycles. The van der Waals surface area contributed by atoms with Gasteiger partial charge in [-0.3, -0.25) is 14.5 Å². The van der Waals surface area contributed by atoms with Crippen LogP contribution in [0.5, 0.6) is 0 Å². The molecule has 3 aromatic carbocycles. The molecule has 144 valence electrons. The van der Waals surface area contributed by atoms with Gasteiger partial charge >= 0.3 is 0 Å². The smallest absolute Gasteiger partial charge is 0.278 e. The fraction of sp³-hybridized carbons (Fsp3) is 0.0435. The zero-order valence-corrected chi connectivity index (χ0v) is 17.7. The van der Waals surface area contributed by atoms with Crippen molar-refractivity contribution in [3.05, 3.63) is 106 Å². The van der Waals surface area contributed by atoms with E-state index < -0.39 is 0 Å². The first kappa shape index (κ1) is 19.5. The van der Waals surface area contributed by atoms with E-state index in [1.807, 2.05) is 84.9 Å². The topological polar surface area (TPSA) is 49.4 Å². The average Bonchev–Trinajstić information content (AvgIpc) is 2.94. The first-order valence-corrected chi connectivity index (χ1v) is 10.6. The maximum absolute atomic E-state index is 13.2. The minimum Gasteiger partial charge on any atom is -0.350 e. The van der Waals surface area contributed by atoms with E-state index in [1.54, 1.807) is 0 Å². The Hall–Kier alpha value is -2.83. The molecule has 1 heterocycles. The number of benzene rings is 3. The molecule has 29 heavy (non-hydrogen) atoms. The molecule has 1 N–H and O–H groups in total. The van der Waals surface area contributed by atoms with Gasteiger partial charge in [-0.05, 0) is 35.9 Å². The third-order valence-electron chi connectivity index (χ3n) is 4.37. The van der Waals surface area contributed by atoms with Crippen LogP contribution in [-0.4, -0.2) is 16.7 Å². The van der Waals surface area contributed by atoms with Crippen LogP contribution < -0.4 is 5.32 Å². The molecule has 0 radical (unpaired) electrons. The lowest BCUT2D eigenvalue weighted by Crippen LogP contribution is -2.31. The first-order valence-electron chi connectivity index (χ1n) is 9.02. The lowest BCUT2D eigenvalue weighted by Gasteiger charge is -2.15. The summed E-state index contributed by atoms with van der Waals surface area (Å²) in [5.41, 5.74) is 1.95. The summed E-state index contributed by atoms with van der Waals surface area (Å²) < 4.78 is 0.887. The zero-order chi connectivity index (χ0) is 20.2. The van der Waals surface area contributed by atoms with E-state index in [2.05, 4.69) is 21.2 Å². The molecular weight excluding hydrogens is 448 g/mol. The number of anilines is 1. The fourth-order valence-corrected chi connectivity index (χ4v) is 4.35. The van der Waals surface area contributed by atoms with Crippen LogP contribution >= 0.6 is 27.7 Å². The molecule has 2 amide bonds. The van der Waals surface area contributed by atoms with E-state index in [4.69, 9.17) is 0 Å². The Morgan fingerprint density at radius 1 is 0.828 bits per heavy atom. The molecule has 0 saturated carbocycles. The van der Waals surface area contributed by atoms with Crippen molar-refractivity contribution < 1.29 is 9.59 Å². The molecule has 0 unspecified atom stereocenters. The largest absolute Gasteiger partial charge is 0.350 e. The third-order valence-corrected chi connectivity index (χ3v) is 5.95. The van der Waals surface area contributed by atoms with Crippen LogP contribution in [0.25, 0.3) is 0 Å². The molecule has 4 rings (SSSR count). The van der Waals surface area contributed by atoms with Crippen LogP contribution in [0.1, 0.15) is 5.56 Å². The number of halogens is 1. The highest BCUT2D eigenvalue weighted by Crippen LogP contribution is 2.36. The van der Waals surface area contributed by atoms with Gasteiger partial charge in [-0.25, -0.2) is 0 Å². The van der Waals surface area contributed by atoms with Gasteiger partial charge in [0, 0.05) is 15.1 Å². The highest BCUT2D eigenvalue weighted by atomic mass is 79.9. The molecule has 0 fully saturated rings. The molecule has 3 aromatic rings. The van der Waals surface area contributed by atoms with Crippen LogP contribution in [0.15, 0.2) is 105 Å². The third kappa shape index (κ3) is 4.44. The SMILES string of the molecule is O=C1C(Nc2cccc(Br)c2)=C(Sc2ccccc2)C(=O)N1Cc1ccccc1. The molecule has 0 bridgehead atoms. The fourth-order valence-electron chi connectivity index (χ4n) is 2.99. The van der Waals surface area contributed by atoms with Crippen LogP contribution in [0.2, 0.25) is 0 Å². The highest BCUT2D eigenvalue weighted by Gasteiger charge is 2.39. The van der Waals surface area contributed by atoms with Crippen molar-refractivity contribution in [1.82, 2.24) is 4.90 Å². The van der Waals surface area contributed by atoms with Gasteiger partial charge in [0.25, 0.3) is 11.8 Å². The Labute approximate surface area is 181 Å². The van der Waals surface area contributed by atoms with Gasteiger partial charge in [0.1, 0.15) is 10.6 Å². The Balaban J connectivity index is 1.68. The maximum atomic E-state index is 13.2. The lowest BCUT2D eigenvalue weighted by molar-refractivity contribution is -0.137. The molecule has 6 heteroatoms. The van der Waals surface area contributed by atoms with Crippen molar-refractivity contribution in [1.29, 1.82) is 0 Å². The van der Waals surface area contributed by atoms with Crippen molar-refractivity contribution in [3.8, 4) is 0 Å². The zero-order valence-electron chi connectivity index (χ0n) is 15.3. The van der Waals surface area contributed by atoms with Crippen molar-refractivity contribution in [3.63, 3.8) is 0 Å². The monoisotopic (exact) mass is 464 g/mol. The number of rotatable bonds is 6. The number of carbonyl (C=O) groups excluding carboxylic acids is 2. The van der Waals surface area contributed by atoms with Gasteiger partial charge in [0.05, 0.1) is 6.54 Å². The molecule has 1 aliphatic rings. The van der Waals surface area contributed by atoms with Crippen molar-refractivity contribution in [2.24, 2.45) is 0 Å². The molecule has 0 aromatic heterocycles. The van der Waals surface area contributed by atoms with Gasteiger partial charge in [-0.15, -0.1) is 0 Å². The Morgan fingerprint density at radius 2 is 1.52 bits per heavy atom. The summed E-state index contributed by atoms with van der Waals surface area (Å²) >= 11 is 4.74. The van der Waals surface area contributed by atoms with Gasteiger partial charge in [0.15, 0.2) is 0 Å². The predicted molar refractivity (Wildman–Crippen MR) is 119 cm³/mol. The predicted octanol–water partition coefficient (Wildman–Crippen LogP) is 5.43. The second-order valence-electron chi connectivity index (χ2n) is 6.44. The minimum atomic E-state index is -0.322. The number of amides is 2. The number of hydrogen-bond acceptors (Lipinski definition) is 4. The molecular formula is C23H17BrN2O2S. The van der Waals surface area contributed by atoms with Crippen LogP contribution in [0.3, 0.4) is 0 Å². The van der Waals surface area contributed by atoms with E-state index in [0.29, 0.717) is 10.6 Å². The van der Waals surface area contributed by atoms with Crippen LogP contribution in [-0.2, 0) is 16.1 Å². The van der Waals surface area contributed by atoms with Gasteiger partial charge in [-0.1, -0.05) is 82.3 Å². The van der Waals surface area contributed by atoms with Crippen molar-refractivity contribution in [2.75, 3.05) is 5.32 Å². The second-order valence-corrected chi connectivity index (χ2v) is 8.44. The molecule has 0 spiro atoms. The summed E-state index contributed by atoms with van der Waals surface area (Å²) in [6.07, 6.45) is 0. The van der Waals surface area contributed by atoms with E-state index in [-0.39, 0.29) is 18.4 Å². The highest BCUT2D eigenvalue weighted by molar-refractivity contribution is 9.10. The van der Waals surface area contributed by atoms with Gasteiger partial charge in [-0.2, -0.15) is 0 Å². The van der Waals surface area contributed by atoms with E-state index in [1.165, 1.54) is 16.7 Å². The number of nitrogens with zero attached hydrogens (tertiary/aromatic N) is 1. The number of imide groups is 1. The normalized spacial score (nSPS) is 13.9. The molecule has 1 aliphatic heterocycles. The standard InChI is InChI=1S/C23H17BrN2O2S/c24-17-10-7-11-18(14-17)25-20-21(29-19-12-5-2-6-13-19)23(28)26(22(20)27)15-16-8-3-1-4-9-16/h1-14,25H,15H2. The molecule has 4 nitrogen and oxygen atoms in total. The van der Waals surface area contributed by atoms with E-state index in [0.717, 1.165) is 20.6 Å². The summed E-state index contributed by atoms with van der Waals surface area (Å²) in [7, 11) is 0. The number of thioether (sulfide) groups is 1. The Bertz CT molecular complexity index is 1080. The first-order chi connectivity index (χ1) is 14.1.